The number of carbonyl (C=O) groups is 1. The van der Waals surface area contributed by atoms with Gasteiger partial charge in [-0.25, -0.2) is 4.98 Å². The first kappa shape index (κ1) is 16.0. The van der Waals surface area contributed by atoms with Crippen LogP contribution in [0.4, 0.5) is 24.8 Å². The number of pyridine rings is 1. The zero-order chi connectivity index (χ0) is 15.3. The number of hydrogen-bond donors (Lipinski definition) is 4. The van der Waals surface area contributed by atoms with Crippen molar-refractivity contribution in [1.82, 2.24) is 4.98 Å². The number of aliphatic hydroxyl groups excluding tert-OH is 1. The van der Waals surface area contributed by atoms with Crippen LogP contribution in [0.3, 0.4) is 0 Å². The van der Waals surface area contributed by atoms with Crippen LogP contribution in [0, 0.1) is 0 Å². The van der Waals surface area contributed by atoms with Gasteiger partial charge in [0.2, 0.25) is 5.91 Å². The van der Waals surface area contributed by atoms with E-state index in [4.69, 9.17) is 5.73 Å². The van der Waals surface area contributed by atoms with Gasteiger partial charge in [-0.1, -0.05) is 0 Å². The number of carbonyl (C=O) groups excluding carboxylic acids is 1. The minimum absolute atomic E-state index is 0.0402. The number of nitrogens with two attached hydrogens (primary N) is 1. The Kier molecular flexibility index (Phi) is 5.14. The van der Waals surface area contributed by atoms with E-state index in [1.807, 2.05) is 0 Å². The zero-order valence-electron chi connectivity index (χ0n) is 10.7. The normalized spacial score (nSPS) is 12.8. The van der Waals surface area contributed by atoms with Gasteiger partial charge in [0.15, 0.2) is 0 Å². The summed E-state index contributed by atoms with van der Waals surface area (Å²) >= 11 is 0. The number of primary amides is 1. The van der Waals surface area contributed by atoms with Gasteiger partial charge in [0.25, 0.3) is 0 Å². The lowest BCUT2D eigenvalue weighted by molar-refractivity contribution is -0.137. The Morgan fingerprint density at radius 3 is 2.40 bits per heavy atom. The maximum atomic E-state index is 12.7. The monoisotopic (exact) mass is 292 g/mol. The minimum Gasteiger partial charge on any atom is -0.381 e. The Balaban J connectivity index is 2.94. The van der Waals surface area contributed by atoms with Crippen molar-refractivity contribution in [2.24, 2.45) is 5.73 Å². The Labute approximate surface area is 113 Å². The summed E-state index contributed by atoms with van der Waals surface area (Å²) in [5.41, 5.74) is 3.95. The van der Waals surface area contributed by atoms with E-state index in [2.05, 4.69) is 15.6 Å². The Morgan fingerprint density at radius 2 is 1.95 bits per heavy atom. The number of nitrogens with zero attached hydrogens (tertiary/aromatic N) is 1. The fourth-order valence-electron chi connectivity index (χ4n) is 1.36. The number of amides is 1. The second-order valence-corrected chi connectivity index (χ2v) is 3.95. The van der Waals surface area contributed by atoms with Gasteiger partial charge in [0.1, 0.15) is 17.7 Å². The van der Waals surface area contributed by atoms with Gasteiger partial charge in [-0.3, -0.25) is 4.79 Å². The van der Waals surface area contributed by atoms with Crippen molar-refractivity contribution in [3.05, 3.63) is 17.7 Å². The summed E-state index contributed by atoms with van der Waals surface area (Å²) in [6.45, 7) is 1.79. The summed E-state index contributed by atoms with van der Waals surface area (Å²) in [5, 5.41) is 14.3. The Bertz CT molecular complexity index is 479. The molecule has 1 aromatic heterocycles. The van der Waals surface area contributed by atoms with Crippen molar-refractivity contribution in [3.8, 4) is 0 Å². The Hall–Kier alpha value is -2.03. The first-order valence-electron chi connectivity index (χ1n) is 5.78. The highest BCUT2D eigenvalue weighted by molar-refractivity contribution is 5.79. The zero-order valence-corrected chi connectivity index (χ0v) is 10.7. The molecule has 1 rings (SSSR count). The summed E-state index contributed by atoms with van der Waals surface area (Å²) < 4.78 is 38.1. The second kappa shape index (κ2) is 6.42. The quantitative estimate of drug-likeness (QED) is 0.621. The molecule has 0 spiro atoms. The molecule has 1 amide bonds. The number of halogens is 3. The third kappa shape index (κ3) is 4.57. The van der Waals surface area contributed by atoms with Crippen molar-refractivity contribution in [1.29, 1.82) is 0 Å². The lowest BCUT2D eigenvalue weighted by Crippen LogP contribution is -2.34. The molecule has 0 fully saturated rings. The third-order valence-corrected chi connectivity index (χ3v) is 2.32. The van der Waals surface area contributed by atoms with E-state index in [9.17, 15) is 23.1 Å². The molecular formula is C11H15F3N4O2. The highest BCUT2D eigenvalue weighted by atomic mass is 19.4. The molecule has 6 nitrogen and oxygen atoms in total. The summed E-state index contributed by atoms with van der Waals surface area (Å²) in [6, 6.07) is 1.66. The van der Waals surface area contributed by atoms with Crippen molar-refractivity contribution in [2.45, 2.75) is 19.2 Å². The van der Waals surface area contributed by atoms with Gasteiger partial charge in [-0.2, -0.15) is 13.2 Å². The smallest absolute Gasteiger partial charge is 0.381 e. The van der Waals surface area contributed by atoms with Crippen molar-refractivity contribution < 1.29 is 23.1 Å². The summed E-state index contributed by atoms with van der Waals surface area (Å²) in [6.07, 6.45) is -6.03. The van der Waals surface area contributed by atoms with Gasteiger partial charge in [0, 0.05) is 6.54 Å². The predicted octanol–water partition coefficient (Wildman–Crippen LogP) is 0.790. The van der Waals surface area contributed by atoms with Crippen LogP contribution in [-0.2, 0) is 11.0 Å². The lowest BCUT2D eigenvalue weighted by Gasteiger charge is -2.14. The number of anilines is 2. The number of rotatable bonds is 6. The molecule has 1 atom stereocenters. The highest BCUT2D eigenvalue weighted by Crippen LogP contribution is 2.32. The molecule has 9 heteroatoms. The molecule has 5 N–H and O–H groups in total. The van der Waals surface area contributed by atoms with Crippen molar-refractivity contribution >= 4 is 17.5 Å². The Morgan fingerprint density at radius 1 is 1.40 bits per heavy atom. The van der Waals surface area contributed by atoms with Crippen molar-refractivity contribution in [2.75, 3.05) is 23.7 Å². The SMILES string of the molecule is CCNc1cc(C(F)(F)F)cc(NCC(O)C(N)=O)n1. The molecule has 0 aliphatic rings. The summed E-state index contributed by atoms with van der Waals surface area (Å²) in [4.78, 5) is 14.5. The maximum Gasteiger partial charge on any atom is 0.416 e. The molecule has 1 aromatic rings. The molecule has 0 saturated carbocycles. The molecule has 0 aromatic carbocycles. The van der Waals surface area contributed by atoms with E-state index in [0.717, 1.165) is 12.1 Å². The molecule has 1 heterocycles. The molecule has 0 saturated heterocycles. The minimum atomic E-state index is -4.52. The van der Waals surface area contributed by atoms with E-state index < -0.39 is 23.8 Å². The van der Waals surface area contributed by atoms with Gasteiger partial charge < -0.3 is 21.5 Å². The number of nitrogens with one attached hydrogen (secondary N) is 2. The van der Waals surface area contributed by atoms with Crippen LogP contribution in [-0.4, -0.2) is 35.2 Å². The van der Waals surface area contributed by atoms with Crippen LogP contribution >= 0.6 is 0 Å². The van der Waals surface area contributed by atoms with E-state index in [1.165, 1.54) is 0 Å². The fourth-order valence-corrected chi connectivity index (χ4v) is 1.36. The van der Waals surface area contributed by atoms with Gasteiger partial charge >= 0.3 is 6.18 Å². The highest BCUT2D eigenvalue weighted by Gasteiger charge is 2.31. The molecule has 112 valence electrons. The second-order valence-electron chi connectivity index (χ2n) is 3.95. The van der Waals surface area contributed by atoms with Gasteiger partial charge in [-0.05, 0) is 19.1 Å². The molecule has 0 aliphatic carbocycles. The largest absolute Gasteiger partial charge is 0.416 e. The van der Waals surface area contributed by atoms with Crippen LogP contribution in [0.25, 0.3) is 0 Å². The van der Waals surface area contributed by atoms with E-state index >= 15 is 0 Å². The molecular weight excluding hydrogens is 277 g/mol. The van der Waals surface area contributed by atoms with E-state index in [-0.39, 0.29) is 18.2 Å². The van der Waals surface area contributed by atoms with E-state index in [0.29, 0.717) is 6.54 Å². The van der Waals surface area contributed by atoms with Crippen LogP contribution in [0.1, 0.15) is 12.5 Å². The average molecular weight is 292 g/mol. The third-order valence-electron chi connectivity index (χ3n) is 2.32. The fraction of sp³-hybridized carbons (Fsp3) is 0.455. The number of alkyl halides is 3. The number of hydrogen-bond acceptors (Lipinski definition) is 5. The lowest BCUT2D eigenvalue weighted by atomic mass is 10.2. The number of aromatic nitrogens is 1. The van der Waals surface area contributed by atoms with Crippen LogP contribution in [0.5, 0.6) is 0 Å². The van der Waals surface area contributed by atoms with E-state index in [1.54, 1.807) is 6.92 Å². The standard InChI is InChI=1S/C11H15F3N4O2/c1-2-16-8-3-6(11(12,13)14)4-9(18-8)17-5-7(19)10(15)20/h3-4,7,19H,2,5H2,1H3,(H2,15,20)(H2,16,17,18). The first-order chi connectivity index (χ1) is 9.24. The topological polar surface area (TPSA) is 100 Å². The molecule has 0 bridgehead atoms. The molecule has 20 heavy (non-hydrogen) atoms. The van der Waals surface area contributed by atoms with Crippen molar-refractivity contribution in [3.63, 3.8) is 0 Å². The van der Waals surface area contributed by atoms with Crippen LogP contribution < -0.4 is 16.4 Å². The first-order valence-corrected chi connectivity index (χ1v) is 5.78. The summed E-state index contributed by atoms with van der Waals surface area (Å²) in [5.74, 6) is -1.05. The molecule has 0 radical (unpaired) electrons. The molecule has 1 unspecified atom stereocenters. The van der Waals surface area contributed by atoms with Crippen LogP contribution in [0.15, 0.2) is 12.1 Å². The summed E-state index contributed by atoms with van der Waals surface area (Å²) in [7, 11) is 0. The predicted molar refractivity (Wildman–Crippen MR) is 67.1 cm³/mol. The number of aliphatic hydroxyl groups is 1. The van der Waals surface area contributed by atoms with Crippen LogP contribution in [0.2, 0.25) is 0 Å². The molecule has 0 aliphatic heterocycles. The maximum absolute atomic E-state index is 12.7. The van der Waals surface area contributed by atoms with Gasteiger partial charge in [0.05, 0.1) is 12.1 Å². The average Bonchev–Trinajstić information content (AvgIpc) is 2.35. The van der Waals surface area contributed by atoms with Gasteiger partial charge in [-0.15, -0.1) is 0 Å².